The van der Waals surface area contributed by atoms with E-state index in [0.717, 1.165) is 32.5 Å². The molecule has 1 aromatic rings. The summed E-state index contributed by atoms with van der Waals surface area (Å²) in [5.41, 5.74) is 3.97. The van der Waals surface area contributed by atoms with Crippen molar-refractivity contribution in [1.82, 2.24) is 15.1 Å². The van der Waals surface area contributed by atoms with Crippen LogP contribution in [-0.4, -0.2) is 22.9 Å². The van der Waals surface area contributed by atoms with Crippen LogP contribution in [0.5, 0.6) is 0 Å². The third-order valence-corrected chi connectivity index (χ3v) is 3.38. The number of rotatable bonds is 1. The van der Waals surface area contributed by atoms with Crippen molar-refractivity contribution in [1.29, 1.82) is 0 Å². The summed E-state index contributed by atoms with van der Waals surface area (Å²) in [6.07, 6.45) is 3.67. The van der Waals surface area contributed by atoms with Gasteiger partial charge in [-0.2, -0.15) is 5.10 Å². The van der Waals surface area contributed by atoms with Crippen molar-refractivity contribution in [3.63, 3.8) is 0 Å². The molecule has 1 unspecified atom stereocenters. The van der Waals surface area contributed by atoms with Gasteiger partial charge in [-0.25, -0.2) is 0 Å². The van der Waals surface area contributed by atoms with Crippen molar-refractivity contribution in [2.24, 2.45) is 7.05 Å². The van der Waals surface area contributed by atoms with Gasteiger partial charge in [-0.1, -0.05) is 0 Å². The van der Waals surface area contributed by atoms with Gasteiger partial charge < -0.3 is 10.1 Å². The minimum Gasteiger partial charge on any atom is -0.372 e. The Hall–Kier alpha value is -0.870. The monoisotopic (exact) mass is 207 g/mol. The zero-order chi connectivity index (χ0) is 10.3. The third kappa shape index (κ3) is 1.48. The summed E-state index contributed by atoms with van der Waals surface area (Å²) in [5.74, 6) is 0. The number of hydrogen-bond acceptors (Lipinski definition) is 3. The Morgan fingerprint density at radius 2 is 2.47 bits per heavy atom. The van der Waals surface area contributed by atoms with Gasteiger partial charge in [-0.05, 0) is 25.8 Å². The molecule has 15 heavy (non-hydrogen) atoms. The molecule has 1 aromatic heterocycles. The van der Waals surface area contributed by atoms with Gasteiger partial charge in [0.25, 0.3) is 0 Å². The average Bonchev–Trinajstić information content (AvgIpc) is 2.87. The summed E-state index contributed by atoms with van der Waals surface area (Å²) in [6, 6.07) is 0. The van der Waals surface area contributed by atoms with Crippen molar-refractivity contribution in [3.8, 4) is 0 Å². The van der Waals surface area contributed by atoms with E-state index in [2.05, 4.69) is 10.4 Å². The first-order chi connectivity index (χ1) is 7.36. The second kappa shape index (κ2) is 3.61. The van der Waals surface area contributed by atoms with Crippen LogP contribution in [-0.2, 0) is 24.8 Å². The zero-order valence-electron chi connectivity index (χ0n) is 9.12. The first kappa shape index (κ1) is 9.36. The molecule has 3 heterocycles. The molecule has 0 amide bonds. The van der Waals surface area contributed by atoms with Crippen molar-refractivity contribution in [2.75, 3.05) is 13.2 Å². The smallest absolute Gasteiger partial charge is 0.102 e. The molecule has 0 spiro atoms. The first-order valence-corrected chi connectivity index (χ1v) is 5.73. The van der Waals surface area contributed by atoms with E-state index in [4.69, 9.17) is 4.74 Å². The summed E-state index contributed by atoms with van der Waals surface area (Å²) in [7, 11) is 2.03. The summed E-state index contributed by atoms with van der Waals surface area (Å²) in [6.45, 7) is 2.91. The molecule has 4 nitrogen and oxygen atoms in total. The van der Waals surface area contributed by atoms with Crippen LogP contribution < -0.4 is 5.32 Å². The van der Waals surface area contributed by atoms with Crippen LogP contribution in [0.4, 0.5) is 0 Å². The maximum Gasteiger partial charge on any atom is 0.102 e. The molecule has 2 aliphatic rings. The Bertz CT molecular complexity index is 366. The Labute approximate surface area is 89.6 Å². The lowest BCUT2D eigenvalue weighted by Crippen LogP contribution is -2.25. The number of hydrogen-bond donors (Lipinski definition) is 1. The lowest BCUT2D eigenvalue weighted by Gasteiger charge is -2.15. The summed E-state index contributed by atoms with van der Waals surface area (Å²) in [4.78, 5) is 0. The molecule has 1 saturated heterocycles. The molecule has 2 aliphatic heterocycles. The van der Waals surface area contributed by atoms with Crippen LogP contribution in [0.15, 0.2) is 0 Å². The SMILES string of the molecule is Cn1nc(C2CCCO2)c2c1CNCC2. The fourth-order valence-corrected chi connectivity index (χ4v) is 2.59. The molecule has 1 N–H and O–H groups in total. The molecular formula is C11H17N3O. The fraction of sp³-hybridized carbons (Fsp3) is 0.727. The highest BCUT2D eigenvalue weighted by Gasteiger charge is 2.27. The number of aromatic nitrogens is 2. The largest absolute Gasteiger partial charge is 0.372 e. The molecule has 1 fully saturated rings. The summed E-state index contributed by atoms with van der Waals surface area (Å²) < 4.78 is 7.73. The second-order valence-corrected chi connectivity index (χ2v) is 4.36. The maximum atomic E-state index is 5.72. The number of nitrogens with one attached hydrogen (secondary N) is 1. The van der Waals surface area contributed by atoms with E-state index in [-0.39, 0.29) is 6.10 Å². The van der Waals surface area contributed by atoms with Crippen LogP contribution in [0, 0.1) is 0 Å². The quantitative estimate of drug-likeness (QED) is 0.744. The minimum absolute atomic E-state index is 0.262. The number of aryl methyl sites for hydroxylation is 1. The van der Waals surface area contributed by atoms with Gasteiger partial charge in [0.1, 0.15) is 6.10 Å². The van der Waals surface area contributed by atoms with Gasteiger partial charge in [-0.15, -0.1) is 0 Å². The fourth-order valence-electron chi connectivity index (χ4n) is 2.59. The Morgan fingerprint density at radius 1 is 1.53 bits per heavy atom. The maximum absolute atomic E-state index is 5.72. The van der Waals surface area contributed by atoms with E-state index in [0.29, 0.717) is 0 Å². The topological polar surface area (TPSA) is 39.1 Å². The van der Waals surface area contributed by atoms with E-state index in [1.54, 1.807) is 0 Å². The Kier molecular flexibility index (Phi) is 2.25. The highest BCUT2D eigenvalue weighted by molar-refractivity contribution is 5.30. The lowest BCUT2D eigenvalue weighted by molar-refractivity contribution is 0.107. The van der Waals surface area contributed by atoms with Crippen LogP contribution in [0.1, 0.15) is 35.9 Å². The van der Waals surface area contributed by atoms with E-state index in [1.165, 1.54) is 23.4 Å². The third-order valence-electron chi connectivity index (χ3n) is 3.38. The highest BCUT2D eigenvalue weighted by atomic mass is 16.5. The molecule has 82 valence electrons. The van der Waals surface area contributed by atoms with Crippen molar-refractivity contribution in [3.05, 3.63) is 17.0 Å². The molecule has 0 aromatic carbocycles. The van der Waals surface area contributed by atoms with Crippen molar-refractivity contribution < 1.29 is 4.74 Å². The van der Waals surface area contributed by atoms with E-state index in [9.17, 15) is 0 Å². The van der Waals surface area contributed by atoms with Crippen LogP contribution in [0.3, 0.4) is 0 Å². The highest BCUT2D eigenvalue weighted by Crippen LogP contribution is 2.32. The summed E-state index contributed by atoms with van der Waals surface area (Å²) in [5, 5.41) is 8.01. The van der Waals surface area contributed by atoms with Crippen LogP contribution in [0.25, 0.3) is 0 Å². The predicted molar refractivity (Wildman–Crippen MR) is 56.5 cm³/mol. The molecule has 4 heteroatoms. The molecule has 0 bridgehead atoms. The van der Waals surface area contributed by atoms with Crippen molar-refractivity contribution in [2.45, 2.75) is 31.9 Å². The first-order valence-electron chi connectivity index (χ1n) is 5.73. The van der Waals surface area contributed by atoms with Gasteiger partial charge in [0.15, 0.2) is 0 Å². The Balaban J connectivity index is 1.99. The van der Waals surface area contributed by atoms with E-state index >= 15 is 0 Å². The molecule has 0 aliphatic carbocycles. The minimum atomic E-state index is 0.262. The molecule has 3 rings (SSSR count). The predicted octanol–water partition coefficient (Wildman–Crippen LogP) is 0.917. The van der Waals surface area contributed by atoms with Gasteiger partial charge >= 0.3 is 0 Å². The van der Waals surface area contributed by atoms with Crippen molar-refractivity contribution >= 4 is 0 Å². The van der Waals surface area contributed by atoms with Gasteiger partial charge in [0.2, 0.25) is 0 Å². The summed E-state index contributed by atoms with van der Waals surface area (Å²) >= 11 is 0. The zero-order valence-corrected chi connectivity index (χ0v) is 9.12. The molecule has 0 radical (unpaired) electrons. The normalized spacial score (nSPS) is 25.5. The second-order valence-electron chi connectivity index (χ2n) is 4.36. The van der Waals surface area contributed by atoms with E-state index in [1.807, 2.05) is 11.7 Å². The van der Waals surface area contributed by atoms with Gasteiger partial charge in [0.05, 0.1) is 11.4 Å². The van der Waals surface area contributed by atoms with Gasteiger partial charge in [-0.3, -0.25) is 4.68 Å². The van der Waals surface area contributed by atoms with E-state index < -0.39 is 0 Å². The number of nitrogens with zero attached hydrogens (tertiary/aromatic N) is 2. The number of fused-ring (bicyclic) bond motifs is 1. The lowest BCUT2D eigenvalue weighted by atomic mass is 10.0. The molecular weight excluding hydrogens is 190 g/mol. The molecule has 0 saturated carbocycles. The van der Waals surface area contributed by atoms with Crippen LogP contribution >= 0.6 is 0 Å². The number of ether oxygens (including phenoxy) is 1. The Morgan fingerprint density at radius 3 is 3.27 bits per heavy atom. The average molecular weight is 207 g/mol. The van der Waals surface area contributed by atoms with Gasteiger partial charge in [0, 0.05) is 25.8 Å². The van der Waals surface area contributed by atoms with Crippen LogP contribution in [0.2, 0.25) is 0 Å². The standard InChI is InChI=1S/C11H17N3O/c1-14-9-7-12-5-4-8(9)11(13-14)10-3-2-6-15-10/h10,12H,2-7H2,1H3. The molecule has 1 atom stereocenters.